The molecule has 0 spiro atoms. The van der Waals surface area contributed by atoms with Gasteiger partial charge in [0.25, 0.3) is 0 Å². The first kappa shape index (κ1) is 63.1. The highest BCUT2D eigenvalue weighted by molar-refractivity contribution is 5.76. The number of carbonyl (C=O) groups is 2. The molecule has 0 rings (SSSR count). The summed E-state index contributed by atoms with van der Waals surface area (Å²) in [6.07, 6.45) is 67.3. The fourth-order valence-electron chi connectivity index (χ4n) is 8.73. The van der Waals surface area contributed by atoms with Crippen LogP contribution in [0.5, 0.6) is 0 Å². The van der Waals surface area contributed by atoms with Crippen molar-refractivity contribution in [2.45, 2.75) is 315 Å². The van der Waals surface area contributed by atoms with Crippen LogP contribution in [0, 0.1) is 0 Å². The Bertz CT molecular complexity index is 1060. The Balaban J connectivity index is 3.44. The Hall–Kier alpha value is -1.92. The smallest absolute Gasteiger partial charge is 0.305 e. The zero-order valence-corrected chi connectivity index (χ0v) is 43.5. The van der Waals surface area contributed by atoms with E-state index >= 15 is 0 Å². The molecule has 0 aliphatic carbocycles. The zero-order valence-electron chi connectivity index (χ0n) is 43.5. The number of nitrogens with one attached hydrogen (secondary N) is 1. The highest BCUT2D eigenvalue weighted by atomic mass is 16.5. The van der Waals surface area contributed by atoms with Gasteiger partial charge in [-0.1, -0.05) is 269 Å². The van der Waals surface area contributed by atoms with Crippen molar-refractivity contribution < 1.29 is 24.5 Å². The second-order valence-corrected chi connectivity index (χ2v) is 19.6. The fraction of sp³-hybridized carbons (Fsp3) is 0.864. The Labute approximate surface area is 404 Å². The van der Waals surface area contributed by atoms with Gasteiger partial charge in [-0.15, -0.1) is 0 Å². The molecule has 2 atom stereocenters. The van der Waals surface area contributed by atoms with Crippen molar-refractivity contribution in [3.8, 4) is 0 Å². The quantitative estimate of drug-likeness (QED) is 0.0321. The second-order valence-electron chi connectivity index (χ2n) is 19.6. The number of ether oxygens (including phenoxy) is 1. The monoisotopic (exact) mass is 914 g/mol. The van der Waals surface area contributed by atoms with Gasteiger partial charge in [0.15, 0.2) is 0 Å². The van der Waals surface area contributed by atoms with Crippen LogP contribution in [0.25, 0.3) is 0 Å². The molecule has 2 unspecified atom stereocenters. The first-order chi connectivity index (χ1) is 32.0. The Morgan fingerprint density at radius 2 is 0.800 bits per heavy atom. The molecule has 0 aromatic heterocycles. The van der Waals surface area contributed by atoms with Gasteiger partial charge in [0, 0.05) is 12.8 Å². The van der Waals surface area contributed by atoms with Crippen LogP contribution in [-0.2, 0) is 14.3 Å². The van der Waals surface area contributed by atoms with Crippen molar-refractivity contribution in [2.24, 2.45) is 0 Å². The molecule has 6 nitrogen and oxygen atoms in total. The third kappa shape index (κ3) is 51.3. The molecular formula is C59H111NO5. The predicted molar refractivity (Wildman–Crippen MR) is 283 cm³/mol. The summed E-state index contributed by atoms with van der Waals surface area (Å²) < 4.78 is 5.46. The molecule has 382 valence electrons. The van der Waals surface area contributed by atoms with Crippen molar-refractivity contribution >= 4 is 11.9 Å². The average Bonchev–Trinajstić information content (AvgIpc) is 3.31. The number of aliphatic hydroxyl groups excluding tert-OH is 2. The number of allylic oxidation sites excluding steroid dienone is 5. The van der Waals surface area contributed by atoms with Crippen molar-refractivity contribution in [2.75, 3.05) is 13.2 Å². The largest absolute Gasteiger partial charge is 0.466 e. The van der Waals surface area contributed by atoms with E-state index in [1.165, 1.54) is 225 Å². The van der Waals surface area contributed by atoms with Gasteiger partial charge in [-0.25, -0.2) is 0 Å². The van der Waals surface area contributed by atoms with Gasteiger partial charge in [-0.3, -0.25) is 9.59 Å². The van der Waals surface area contributed by atoms with Gasteiger partial charge in [0.05, 0.1) is 25.4 Å². The first-order valence-corrected chi connectivity index (χ1v) is 28.8. The van der Waals surface area contributed by atoms with Gasteiger partial charge in [-0.2, -0.15) is 0 Å². The zero-order chi connectivity index (χ0) is 47.2. The molecule has 0 fully saturated rings. The van der Waals surface area contributed by atoms with Crippen LogP contribution < -0.4 is 5.32 Å². The lowest BCUT2D eigenvalue weighted by Crippen LogP contribution is -2.45. The molecule has 0 heterocycles. The molecule has 0 aliphatic rings. The lowest BCUT2D eigenvalue weighted by atomic mass is 10.0. The maximum absolute atomic E-state index is 12.5. The summed E-state index contributed by atoms with van der Waals surface area (Å²) in [5.41, 5.74) is 0. The summed E-state index contributed by atoms with van der Waals surface area (Å²) in [6.45, 7) is 4.83. The summed E-state index contributed by atoms with van der Waals surface area (Å²) in [5, 5.41) is 23.1. The van der Waals surface area contributed by atoms with E-state index in [0.29, 0.717) is 19.4 Å². The Morgan fingerprint density at radius 1 is 0.431 bits per heavy atom. The molecular weight excluding hydrogens is 803 g/mol. The van der Waals surface area contributed by atoms with Crippen LogP contribution in [0.3, 0.4) is 0 Å². The third-order valence-corrected chi connectivity index (χ3v) is 13.1. The summed E-state index contributed by atoms with van der Waals surface area (Å²) >= 11 is 0. The normalized spacial score (nSPS) is 12.9. The SMILES string of the molecule is CCC/C=C\C/C=C\CCCCCCCC(=O)OCCCCCCCCCCCCCCCCCCCCCC(=O)NC(CO)C(O)/C=C/CCCCCCCCCCCCCCCC. The van der Waals surface area contributed by atoms with Crippen molar-refractivity contribution in [3.05, 3.63) is 36.5 Å². The van der Waals surface area contributed by atoms with E-state index in [1.54, 1.807) is 6.08 Å². The molecule has 0 saturated carbocycles. The number of unbranched alkanes of at least 4 members (excludes halogenated alkanes) is 38. The van der Waals surface area contributed by atoms with E-state index in [4.69, 9.17) is 4.74 Å². The molecule has 65 heavy (non-hydrogen) atoms. The van der Waals surface area contributed by atoms with Crippen LogP contribution in [-0.4, -0.2) is 47.4 Å². The number of esters is 1. The minimum Gasteiger partial charge on any atom is -0.466 e. The van der Waals surface area contributed by atoms with Gasteiger partial charge in [-0.05, 0) is 57.8 Å². The van der Waals surface area contributed by atoms with Gasteiger partial charge < -0.3 is 20.3 Å². The van der Waals surface area contributed by atoms with E-state index < -0.39 is 12.1 Å². The van der Waals surface area contributed by atoms with Crippen LogP contribution in [0.1, 0.15) is 303 Å². The van der Waals surface area contributed by atoms with Crippen molar-refractivity contribution in [3.63, 3.8) is 0 Å². The second kappa shape index (κ2) is 54.7. The fourth-order valence-corrected chi connectivity index (χ4v) is 8.73. The molecule has 0 aromatic rings. The lowest BCUT2D eigenvalue weighted by molar-refractivity contribution is -0.143. The van der Waals surface area contributed by atoms with Crippen molar-refractivity contribution in [1.29, 1.82) is 0 Å². The molecule has 0 bridgehead atoms. The van der Waals surface area contributed by atoms with Gasteiger partial charge >= 0.3 is 5.97 Å². The van der Waals surface area contributed by atoms with E-state index in [1.807, 2.05) is 6.08 Å². The third-order valence-electron chi connectivity index (χ3n) is 13.1. The summed E-state index contributed by atoms with van der Waals surface area (Å²) in [4.78, 5) is 24.5. The van der Waals surface area contributed by atoms with Crippen LogP contribution in [0.15, 0.2) is 36.5 Å². The maximum atomic E-state index is 12.5. The summed E-state index contributed by atoms with van der Waals surface area (Å²) in [6, 6.07) is -0.630. The van der Waals surface area contributed by atoms with Gasteiger partial charge in [0.1, 0.15) is 0 Å². The highest BCUT2D eigenvalue weighted by Crippen LogP contribution is 2.17. The van der Waals surface area contributed by atoms with Crippen molar-refractivity contribution in [1.82, 2.24) is 5.32 Å². The summed E-state index contributed by atoms with van der Waals surface area (Å²) in [5.74, 6) is -0.0775. The topological polar surface area (TPSA) is 95.9 Å². The van der Waals surface area contributed by atoms with E-state index in [-0.39, 0.29) is 18.5 Å². The lowest BCUT2D eigenvalue weighted by Gasteiger charge is -2.20. The average molecular weight is 915 g/mol. The van der Waals surface area contributed by atoms with Gasteiger partial charge in [0.2, 0.25) is 5.91 Å². The van der Waals surface area contributed by atoms with E-state index in [2.05, 4.69) is 43.5 Å². The molecule has 6 heteroatoms. The maximum Gasteiger partial charge on any atom is 0.305 e. The highest BCUT2D eigenvalue weighted by Gasteiger charge is 2.18. The number of hydrogen-bond donors (Lipinski definition) is 3. The molecule has 0 aliphatic heterocycles. The van der Waals surface area contributed by atoms with Crippen LogP contribution in [0.4, 0.5) is 0 Å². The minimum absolute atomic E-state index is 0.00726. The Kier molecular flexibility index (Phi) is 53.1. The number of amides is 1. The molecule has 0 radical (unpaired) electrons. The number of hydrogen-bond acceptors (Lipinski definition) is 5. The number of carbonyl (C=O) groups excluding carboxylic acids is 2. The van der Waals surface area contributed by atoms with Crippen LogP contribution in [0.2, 0.25) is 0 Å². The number of rotatable bonds is 53. The summed E-state index contributed by atoms with van der Waals surface area (Å²) in [7, 11) is 0. The number of aliphatic hydroxyl groups is 2. The van der Waals surface area contributed by atoms with E-state index in [0.717, 1.165) is 51.4 Å². The minimum atomic E-state index is -0.847. The standard InChI is InChI=1S/C59H111NO5/c1-3-5-7-9-11-13-15-17-18-24-28-31-35-39-43-47-51-57(62)56(55-61)60-58(63)52-48-44-40-36-32-29-25-22-20-19-21-23-26-30-34-38-42-46-50-54-65-59(64)53-49-45-41-37-33-27-16-14-12-10-8-6-4-2/h8,10,14,16,47,51,56-57,61-62H,3-7,9,11-13,15,17-46,48-50,52-55H2,1-2H3,(H,60,63)/b10-8-,16-14-,51-47+. The molecule has 1 amide bonds. The Morgan fingerprint density at radius 3 is 1.23 bits per heavy atom. The molecule has 0 aromatic carbocycles. The molecule has 3 N–H and O–H groups in total. The molecule has 0 saturated heterocycles. The first-order valence-electron chi connectivity index (χ1n) is 28.8. The predicted octanol–water partition coefficient (Wildman–Crippen LogP) is 17.6. The van der Waals surface area contributed by atoms with E-state index in [9.17, 15) is 19.8 Å². The van der Waals surface area contributed by atoms with Crippen LogP contribution >= 0.6 is 0 Å².